The van der Waals surface area contributed by atoms with Crippen LogP contribution in [0, 0.1) is 0 Å². The monoisotopic (exact) mass is 461 g/mol. The summed E-state index contributed by atoms with van der Waals surface area (Å²) in [6.45, 7) is 0. The van der Waals surface area contributed by atoms with Gasteiger partial charge in [0.05, 0.1) is 33.8 Å². The number of hydrogen-bond donors (Lipinski definition) is 2. The van der Waals surface area contributed by atoms with Crippen molar-refractivity contribution in [3.05, 3.63) is 88.4 Å². The number of aromatic amines is 1. The molecule has 0 saturated carbocycles. The van der Waals surface area contributed by atoms with Crippen LogP contribution in [0.4, 0.5) is 5.69 Å². The molecule has 0 aliphatic carbocycles. The second-order valence-corrected chi connectivity index (χ2v) is 8.08. The number of hydrogen-bond acceptors (Lipinski definition) is 3. The largest absolute Gasteiger partial charge is 0.496 e. The number of ether oxygens (including phenoxy) is 1. The van der Waals surface area contributed by atoms with Gasteiger partial charge < -0.3 is 15.0 Å². The summed E-state index contributed by atoms with van der Waals surface area (Å²) in [5.74, 6) is 1.01. The highest BCUT2D eigenvalue weighted by molar-refractivity contribution is 6.39. The van der Waals surface area contributed by atoms with E-state index in [1.165, 1.54) is 0 Å². The Labute approximate surface area is 193 Å². The van der Waals surface area contributed by atoms with E-state index in [0.29, 0.717) is 49.5 Å². The van der Waals surface area contributed by atoms with E-state index >= 15 is 0 Å². The van der Waals surface area contributed by atoms with Crippen LogP contribution in [0.25, 0.3) is 33.2 Å². The van der Waals surface area contributed by atoms with Crippen molar-refractivity contribution in [2.45, 2.75) is 0 Å². The average Bonchev–Trinajstić information content (AvgIpc) is 3.21. The smallest absolute Gasteiger partial charge is 0.255 e. The zero-order valence-electron chi connectivity index (χ0n) is 16.9. The minimum absolute atomic E-state index is 0.240. The molecular formula is C25H17Cl2N3O2. The number of benzene rings is 4. The van der Waals surface area contributed by atoms with Gasteiger partial charge in [0.25, 0.3) is 5.91 Å². The van der Waals surface area contributed by atoms with E-state index in [2.05, 4.69) is 15.3 Å². The first-order valence-corrected chi connectivity index (χ1v) is 10.6. The van der Waals surface area contributed by atoms with Gasteiger partial charge in [-0.3, -0.25) is 4.79 Å². The Morgan fingerprint density at radius 3 is 2.53 bits per heavy atom. The number of carbonyl (C=O) groups is 1. The molecule has 0 unspecified atom stereocenters. The fourth-order valence-electron chi connectivity index (χ4n) is 3.71. The number of carbonyl (C=O) groups excluding carboxylic acids is 1. The van der Waals surface area contributed by atoms with Crippen molar-refractivity contribution >= 4 is 56.6 Å². The molecule has 4 aromatic carbocycles. The van der Waals surface area contributed by atoms with Crippen molar-refractivity contribution in [2.24, 2.45) is 0 Å². The average molecular weight is 462 g/mol. The van der Waals surface area contributed by atoms with E-state index in [4.69, 9.17) is 27.9 Å². The molecule has 0 spiro atoms. The molecule has 1 amide bonds. The van der Waals surface area contributed by atoms with Gasteiger partial charge in [-0.2, -0.15) is 0 Å². The van der Waals surface area contributed by atoms with Crippen molar-refractivity contribution in [3.63, 3.8) is 0 Å². The molecule has 32 heavy (non-hydrogen) atoms. The first-order chi connectivity index (χ1) is 15.5. The summed E-state index contributed by atoms with van der Waals surface area (Å²) >= 11 is 12.6. The number of amides is 1. The number of halogens is 2. The highest BCUT2D eigenvalue weighted by atomic mass is 35.5. The second kappa shape index (κ2) is 8.19. The summed E-state index contributed by atoms with van der Waals surface area (Å²) in [5, 5.41) is 5.91. The maximum Gasteiger partial charge on any atom is 0.255 e. The van der Waals surface area contributed by atoms with Crippen molar-refractivity contribution < 1.29 is 9.53 Å². The summed E-state index contributed by atoms with van der Waals surface area (Å²) in [6.07, 6.45) is 0. The van der Waals surface area contributed by atoms with E-state index in [0.717, 1.165) is 10.8 Å². The Hall–Kier alpha value is -3.54. The van der Waals surface area contributed by atoms with Gasteiger partial charge in [0.15, 0.2) is 0 Å². The molecule has 0 bridgehead atoms. The van der Waals surface area contributed by atoms with Gasteiger partial charge in [-0.05, 0) is 41.8 Å². The molecule has 0 fully saturated rings. The SMILES string of the molecule is COc1cc(NC(=O)c2ccc3nc(-c4c(Cl)cccc4Cl)[nH]c3c2)cc2ccccc12. The minimum Gasteiger partial charge on any atom is -0.496 e. The van der Waals surface area contributed by atoms with Crippen LogP contribution >= 0.6 is 23.2 Å². The first kappa shape index (κ1) is 20.4. The molecule has 7 heteroatoms. The van der Waals surface area contributed by atoms with Crippen LogP contribution in [0.5, 0.6) is 5.75 Å². The zero-order chi connectivity index (χ0) is 22.2. The van der Waals surface area contributed by atoms with Crippen molar-refractivity contribution in [1.29, 1.82) is 0 Å². The van der Waals surface area contributed by atoms with Gasteiger partial charge in [-0.1, -0.05) is 53.5 Å². The molecule has 0 aliphatic rings. The molecule has 158 valence electrons. The zero-order valence-corrected chi connectivity index (χ0v) is 18.5. The quantitative estimate of drug-likeness (QED) is 0.304. The standard InChI is InChI=1S/C25H17Cl2N3O2/c1-32-22-13-16(11-14-5-2-3-6-17(14)22)28-25(31)15-9-10-20-21(12-15)30-24(29-20)23-18(26)7-4-8-19(23)27/h2-13H,1H3,(H,28,31)(H,29,30). The Balaban J connectivity index is 1.47. The molecule has 0 atom stereocenters. The number of nitrogens with one attached hydrogen (secondary N) is 2. The number of anilines is 1. The number of H-pyrrole nitrogens is 1. The fraction of sp³-hybridized carbons (Fsp3) is 0.0400. The first-order valence-electron chi connectivity index (χ1n) is 9.86. The Kier molecular flexibility index (Phi) is 5.21. The van der Waals surface area contributed by atoms with Crippen LogP contribution in [-0.4, -0.2) is 23.0 Å². The van der Waals surface area contributed by atoms with E-state index < -0.39 is 0 Å². The van der Waals surface area contributed by atoms with Crippen LogP contribution in [-0.2, 0) is 0 Å². The lowest BCUT2D eigenvalue weighted by molar-refractivity contribution is 0.102. The van der Waals surface area contributed by atoms with Crippen LogP contribution in [0.3, 0.4) is 0 Å². The summed E-state index contributed by atoms with van der Waals surface area (Å²) < 4.78 is 5.49. The van der Waals surface area contributed by atoms with Gasteiger partial charge in [0.2, 0.25) is 0 Å². The molecule has 0 radical (unpaired) electrons. The lowest BCUT2D eigenvalue weighted by atomic mass is 10.1. The maximum atomic E-state index is 13.0. The summed E-state index contributed by atoms with van der Waals surface area (Å²) in [5.41, 5.74) is 3.19. The van der Waals surface area contributed by atoms with E-state index in [9.17, 15) is 4.79 Å². The molecule has 0 saturated heterocycles. The van der Waals surface area contributed by atoms with Crippen molar-refractivity contribution in [1.82, 2.24) is 9.97 Å². The van der Waals surface area contributed by atoms with Gasteiger partial charge in [0.1, 0.15) is 11.6 Å². The lowest BCUT2D eigenvalue weighted by Gasteiger charge is -2.10. The van der Waals surface area contributed by atoms with E-state index in [-0.39, 0.29) is 5.91 Å². The van der Waals surface area contributed by atoms with Crippen molar-refractivity contribution in [3.8, 4) is 17.1 Å². The molecular weight excluding hydrogens is 445 g/mol. The number of aromatic nitrogens is 2. The Bertz CT molecular complexity index is 1470. The molecule has 5 aromatic rings. The summed E-state index contributed by atoms with van der Waals surface area (Å²) in [7, 11) is 1.61. The third kappa shape index (κ3) is 3.66. The number of nitrogens with zero attached hydrogens (tertiary/aromatic N) is 1. The van der Waals surface area contributed by atoms with Gasteiger partial charge in [-0.15, -0.1) is 0 Å². The predicted octanol–water partition coefficient (Wildman–Crippen LogP) is 6.95. The topological polar surface area (TPSA) is 67.0 Å². The molecule has 1 heterocycles. The molecule has 5 nitrogen and oxygen atoms in total. The van der Waals surface area contributed by atoms with Crippen LogP contribution in [0.2, 0.25) is 10.0 Å². The number of methoxy groups -OCH3 is 1. The molecule has 0 aliphatic heterocycles. The number of fused-ring (bicyclic) bond motifs is 2. The number of rotatable bonds is 4. The fourth-order valence-corrected chi connectivity index (χ4v) is 4.29. The van der Waals surface area contributed by atoms with Crippen LogP contribution in [0.15, 0.2) is 72.8 Å². The lowest BCUT2D eigenvalue weighted by Crippen LogP contribution is -2.11. The normalized spacial score (nSPS) is 11.1. The van der Waals surface area contributed by atoms with Crippen molar-refractivity contribution in [2.75, 3.05) is 12.4 Å². The molecule has 2 N–H and O–H groups in total. The van der Waals surface area contributed by atoms with E-state index in [1.54, 1.807) is 43.5 Å². The second-order valence-electron chi connectivity index (χ2n) is 7.27. The summed E-state index contributed by atoms with van der Waals surface area (Å²) in [6, 6.07) is 22.2. The van der Waals surface area contributed by atoms with Crippen LogP contribution < -0.4 is 10.1 Å². The maximum absolute atomic E-state index is 13.0. The Morgan fingerprint density at radius 2 is 1.75 bits per heavy atom. The van der Waals surface area contributed by atoms with E-state index in [1.807, 2.05) is 36.4 Å². The predicted molar refractivity (Wildman–Crippen MR) is 130 cm³/mol. The molecule has 1 aromatic heterocycles. The minimum atomic E-state index is -0.240. The van der Waals surface area contributed by atoms with Crippen LogP contribution in [0.1, 0.15) is 10.4 Å². The summed E-state index contributed by atoms with van der Waals surface area (Å²) in [4.78, 5) is 20.7. The van der Waals surface area contributed by atoms with Gasteiger partial charge >= 0.3 is 0 Å². The highest BCUT2D eigenvalue weighted by Gasteiger charge is 2.15. The van der Waals surface area contributed by atoms with Gasteiger partial charge in [0, 0.05) is 22.7 Å². The number of imidazole rings is 1. The molecule has 5 rings (SSSR count). The highest BCUT2D eigenvalue weighted by Crippen LogP contribution is 2.34. The third-order valence-electron chi connectivity index (χ3n) is 5.25. The van der Waals surface area contributed by atoms with Gasteiger partial charge in [-0.25, -0.2) is 4.98 Å². The third-order valence-corrected chi connectivity index (χ3v) is 5.88. The Morgan fingerprint density at radius 1 is 0.969 bits per heavy atom.